The van der Waals surface area contributed by atoms with Crippen molar-refractivity contribution in [2.24, 2.45) is 0 Å². The second-order valence-electron chi connectivity index (χ2n) is 10.8. The standard InChI is InChI=1S/C33H40N4O4/c1-40-28-19-25(20-29(22-28)41-2)32(38)35-27-13-14-31(30(21-27)33(39)34-26-11-7-4-8-12-26)37-17-15-36(16-18-37)23-24-9-5-3-6-10-24/h3,5-6,9-10,13-14,19-22,26H,4,7-8,11-12,15-18,23H2,1-2H3,(H,34,39)(H,35,38). The zero-order valence-electron chi connectivity index (χ0n) is 24.0. The highest BCUT2D eigenvalue weighted by Crippen LogP contribution is 2.28. The number of benzene rings is 3. The van der Waals surface area contributed by atoms with Crippen LogP contribution in [0.25, 0.3) is 0 Å². The maximum Gasteiger partial charge on any atom is 0.255 e. The van der Waals surface area contributed by atoms with Crippen molar-refractivity contribution in [1.82, 2.24) is 10.2 Å². The summed E-state index contributed by atoms with van der Waals surface area (Å²) >= 11 is 0. The number of nitrogens with zero attached hydrogens (tertiary/aromatic N) is 2. The molecule has 2 N–H and O–H groups in total. The number of piperazine rings is 1. The number of methoxy groups -OCH3 is 2. The van der Waals surface area contributed by atoms with E-state index in [4.69, 9.17) is 9.47 Å². The summed E-state index contributed by atoms with van der Waals surface area (Å²) in [5.74, 6) is 0.675. The molecule has 5 rings (SSSR count). The molecule has 0 aromatic heterocycles. The number of carbonyl (C=O) groups excluding carboxylic acids is 2. The number of hydrogen-bond donors (Lipinski definition) is 2. The lowest BCUT2D eigenvalue weighted by molar-refractivity contribution is 0.0927. The second-order valence-corrected chi connectivity index (χ2v) is 10.8. The molecule has 2 aliphatic rings. The van der Waals surface area contributed by atoms with Crippen LogP contribution in [0.2, 0.25) is 0 Å². The van der Waals surface area contributed by atoms with Crippen LogP contribution in [0, 0.1) is 0 Å². The molecule has 8 heteroatoms. The molecule has 1 heterocycles. The number of anilines is 2. The molecular weight excluding hydrogens is 516 g/mol. The quantitative estimate of drug-likeness (QED) is 0.370. The van der Waals surface area contributed by atoms with Gasteiger partial charge in [-0.15, -0.1) is 0 Å². The predicted octanol–water partition coefficient (Wildman–Crippen LogP) is 5.34. The largest absolute Gasteiger partial charge is 0.497 e. The lowest BCUT2D eigenvalue weighted by Crippen LogP contribution is -2.46. The van der Waals surface area contributed by atoms with Crippen molar-refractivity contribution in [2.45, 2.75) is 44.7 Å². The van der Waals surface area contributed by atoms with Crippen LogP contribution in [0.15, 0.2) is 66.7 Å². The van der Waals surface area contributed by atoms with Gasteiger partial charge < -0.3 is 25.0 Å². The Morgan fingerprint density at radius 1 is 0.805 bits per heavy atom. The van der Waals surface area contributed by atoms with Crippen LogP contribution in [-0.2, 0) is 6.54 Å². The Morgan fingerprint density at radius 2 is 1.49 bits per heavy atom. The molecule has 0 atom stereocenters. The number of carbonyl (C=O) groups is 2. The van der Waals surface area contributed by atoms with E-state index in [0.717, 1.165) is 64.1 Å². The summed E-state index contributed by atoms with van der Waals surface area (Å²) in [4.78, 5) is 31.6. The molecule has 0 bridgehead atoms. The van der Waals surface area contributed by atoms with Crippen molar-refractivity contribution in [3.8, 4) is 11.5 Å². The topological polar surface area (TPSA) is 83.1 Å². The lowest BCUT2D eigenvalue weighted by atomic mass is 9.95. The van der Waals surface area contributed by atoms with Gasteiger partial charge in [0.15, 0.2) is 0 Å². The molecule has 41 heavy (non-hydrogen) atoms. The normalized spacial score (nSPS) is 16.2. The molecule has 0 radical (unpaired) electrons. The molecule has 2 fully saturated rings. The van der Waals surface area contributed by atoms with Gasteiger partial charge in [-0.3, -0.25) is 14.5 Å². The Balaban J connectivity index is 1.34. The van der Waals surface area contributed by atoms with Gasteiger partial charge in [0.05, 0.1) is 19.8 Å². The molecule has 2 amide bonds. The maximum atomic E-state index is 13.7. The zero-order chi connectivity index (χ0) is 28.6. The third-order valence-corrected chi connectivity index (χ3v) is 8.02. The number of hydrogen-bond acceptors (Lipinski definition) is 6. The third-order valence-electron chi connectivity index (χ3n) is 8.02. The van der Waals surface area contributed by atoms with Crippen molar-refractivity contribution in [1.29, 1.82) is 0 Å². The molecule has 1 aliphatic carbocycles. The highest BCUT2D eigenvalue weighted by atomic mass is 16.5. The molecule has 3 aromatic rings. The van der Waals surface area contributed by atoms with Gasteiger partial charge in [-0.2, -0.15) is 0 Å². The smallest absolute Gasteiger partial charge is 0.255 e. The molecule has 1 saturated carbocycles. The van der Waals surface area contributed by atoms with Gasteiger partial charge in [0.25, 0.3) is 11.8 Å². The van der Waals surface area contributed by atoms with Crippen molar-refractivity contribution in [3.05, 3.63) is 83.4 Å². The van der Waals surface area contributed by atoms with Crippen LogP contribution >= 0.6 is 0 Å². The molecule has 0 spiro atoms. The summed E-state index contributed by atoms with van der Waals surface area (Å²) in [6.07, 6.45) is 5.52. The fraction of sp³-hybridized carbons (Fsp3) is 0.394. The molecular formula is C33H40N4O4. The fourth-order valence-corrected chi connectivity index (χ4v) is 5.71. The van der Waals surface area contributed by atoms with Gasteiger partial charge in [0.1, 0.15) is 11.5 Å². The average molecular weight is 557 g/mol. The first kappa shape index (κ1) is 28.5. The molecule has 1 aliphatic heterocycles. The van der Waals surface area contributed by atoms with Crippen molar-refractivity contribution in [2.75, 3.05) is 50.6 Å². The van der Waals surface area contributed by atoms with Gasteiger partial charge >= 0.3 is 0 Å². The van der Waals surface area contributed by atoms with Crippen LogP contribution in [0.4, 0.5) is 11.4 Å². The number of nitrogens with one attached hydrogen (secondary N) is 2. The maximum absolute atomic E-state index is 13.7. The van der Waals surface area contributed by atoms with E-state index in [-0.39, 0.29) is 17.9 Å². The Morgan fingerprint density at radius 3 is 2.15 bits per heavy atom. The summed E-state index contributed by atoms with van der Waals surface area (Å²) in [5.41, 5.74) is 3.78. The molecule has 0 unspecified atom stereocenters. The van der Waals surface area contributed by atoms with Crippen molar-refractivity contribution in [3.63, 3.8) is 0 Å². The van der Waals surface area contributed by atoms with Gasteiger partial charge in [0, 0.05) is 61.8 Å². The zero-order valence-corrected chi connectivity index (χ0v) is 24.0. The van der Waals surface area contributed by atoms with E-state index < -0.39 is 0 Å². The Kier molecular flexibility index (Phi) is 9.41. The first-order valence-electron chi connectivity index (χ1n) is 14.5. The second kappa shape index (κ2) is 13.5. The van der Waals surface area contributed by atoms with Crippen LogP contribution < -0.4 is 25.0 Å². The molecule has 1 saturated heterocycles. The van der Waals surface area contributed by atoms with Gasteiger partial charge in [-0.05, 0) is 48.7 Å². The summed E-state index contributed by atoms with van der Waals surface area (Å²) in [7, 11) is 3.10. The van der Waals surface area contributed by atoms with Gasteiger partial charge in [-0.1, -0.05) is 49.6 Å². The molecule has 8 nitrogen and oxygen atoms in total. The van der Waals surface area contributed by atoms with Crippen LogP contribution in [-0.4, -0.2) is 63.2 Å². The third kappa shape index (κ3) is 7.38. The number of amides is 2. The monoisotopic (exact) mass is 556 g/mol. The molecule has 216 valence electrons. The predicted molar refractivity (Wildman–Crippen MR) is 162 cm³/mol. The Hall–Kier alpha value is -4.04. The van der Waals surface area contributed by atoms with Crippen molar-refractivity contribution < 1.29 is 19.1 Å². The van der Waals surface area contributed by atoms with E-state index in [2.05, 4.69) is 44.7 Å². The minimum absolute atomic E-state index is 0.0854. The number of ether oxygens (including phenoxy) is 2. The average Bonchev–Trinajstić information content (AvgIpc) is 3.02. The SMILES string of the molecule is COc1cc(OC)cc(C(=O)Nc2ccc(N3CCN(Cc4ccccc4)CC3)c(C(=O)NC3CCCCC3)c2)c1. The summed E-state index contributed by atoms with van der Waals surface area (Å²) in [5, 5.41) is 6.24. The van der Waals surface area contributed by atoms with E-state index in [1.807, 2.05) is 18.2 Å². The summed E-state index contributed by atoms with van der Waals surface area (Å²) < 4.78 is 10.6. The van der Waals surface area contributed by atoms with Gasteiger partial charge in [0.2, 0.25) is 0 Å². The molecule has 3 aromatic carbocycles. The highest BCUT2D eigenvalue weighted by molar-refractivity contribution is 6.06. The van der Waals surface area contributed by atoms with Crippen LogP contribution in [0.3, 0.4) is 0 Å². The summed E-state index contributed by atoms with van der Waals surface area (Å²) in [6, 6.07) is 21.4. The van der Waals surface area contributed by atoms with Gasteiger partial charge in [-0.25, -0.2) is 0 Å². The van der Waals surface area contributed by atoms with E-state index in [1.165, 1.54) is 12.0 Å². The van der Waals surface area contributed by atoms with Crippen LogP contribution in [0.5, 0.6) is 11.5 Å². The van der Waals surface area contributed by atoms with Crippen LogP contribution in [0.1, 0.15) is 58.4 Å². The van der Waals surface area contributed by atoms with E-state index in [9.17, 15) is 9.59 Å². The highest BCUT2D eigenvalue weighted by Gasteiger charge is 2.24. The lowest BCUT2D eigenvalue weighted by Gasteiger charge is -2.37. The minimum atomic E-state index is -0.303. The first-order valence-corrected chi connectivity index (χ1v) is 14.5. The van der Waals surface area contributed by atoms with E-state index in [1.54, 1.807) is 38.5 Å². The van der Waals surface area contributed by atoms with E-state index >= 15 is 0 Å². The summed E-state index contributed by atoms with van der Waals surface area (Å²) in [6.45, 7) is 4.39. The number of rotatable bonds is 9. The first-order chi connectivity index (χ1) is 20.0. The van der Waals surface area contributed by atoms with Crippen molar-refractivity contribution >= 4 is 23.2 Å². The fourth-order valence-electron chi connectivity index (χ4n) is 5.71. The Bertz CT molecular complexity index is 1310. The minimum Gasteiger partial charge on any atom is -0.497 e. The Labute approximate surface area is 242 Å². The van der Waals surface area contributed by atoms with E-state index in [0.29, 0.717) is 28.3 Å².